The molecule has 1 fully saturated rings. The van der Waals surface area contributed by atoms with E-state index in [0.29, 0.717) is 12.1 Å². The molecule has 0 saturated heterocycles. The highest BCUT2D eigenvalue weighted by molar-refractivity contribution is 5.95. The third-order valence-corrected chi connectivity index (χ3v) is 3.57. The molecule has 1 amide bonds. The number of aromatic nitrogens is 1. The van der Waals surface area contributed by atoms with E-state index in [1.807, 2.05) is 17.0 Å². The number of nitrogens with zero attached hydrogens (tertiary/aromatic N) is 2. The summed E-state index contributed by atoms with van der Waals surface area (Å²) in [6.07, 6.45) is 5.46. The van der Waals surface area contributed by atoms with Gasteiger partial charge < -0.3 is 10.6 Å². The van der Waals surface area contributed by atoms with Crippen LogP contribution >= 0.6 is 0 Å². The van der Waals surface area contributed by atoms with Gasteiger partial charge in [0.25, 0.3) is 5.91 Å². The van der Waals surface area contributed by atoms with Crippen LogP contribution in [0.4, 0.5) is 10.1 Å². The number of pyridine rings is 1. The second-order valence-electron chi connectivity index (χ2n) is 5.26. The van der Waals surface area contributed by atoms with Gasteiger partial charge in [-0.05, 0) is 42.7 Å². The number of halogens is 1. The van der Waals surface area contributed by atoms with Crippen molar-refractivity contribution in [1.82, 2.24) is 9.88 Å². The molecule has 1 aromatic heterocycles. The maximum Gasteiger partial charge on any atom is 0.254 e. The smallest absolute Gasteiger partial charge is 0.254 e. The van der Waals surface area contributed by atoms with Gasteiger partial charge in [-0.25, -0.2) is 4.39 Å². The molecular weight excluding hydrogens is 269 g/mol. The summed E-state index contributed by atoms with van der Waals surface area (Å²) >= 11 is 0. The maximum atomic E-state index is 13.2. The molecule has 5 heteroatoms. The van der Waals surface area contributed by atoms with Crippen molar-refractivity contribution < 1.29 is 9.18 Å². The zero-order valence-electron chi connectivity index (χ0n) is 11.5. The van der Waals surface area contributed by atoms with Gasteiger partial charge in [-0.15, -0.1) is 0 Å². The fourth-order valence-corrected chi connectivity index (χ4v) is 2.28. The van der Waals surface area contributed by atoms with Crippen molar-refractivity contribution in [3.05, 3.63) is 59.7 Å². The van der Waals surface area contributed by atoms with Crippen molar-refractivity contribution in [3.8, 4) is 0 Å². The predicted octanol–water partition coefficient (Wildman–Crippen LogP) is 2.61. The Balaban J connectivity index is 1.83. The number of benzene rings is 1. The highest BCUT2D eigenvalue weighted by Crippen LogP contribution is 2.30. The van der Waals surface area contributed by atoms with E-state index in [4.69, 9.17) is 5.73 Å². The number of hydrogen-bond acceptors (Lipinski definition) is 3. The van der Waals surface area contributed by atoms with Crippen LogP contribution in [0.5, 0.6) is 0 Å². The van der Waals surface area contributed by atoms with Gasteiger partial charge in [-0.3, -0.25) is 9.78 Å². The molecule has 1 heterocycles. The van der Waals surface area contributed by atoms with Crippen molar-refractivity contribution in [3.63, 3.8) is 0 Å². The van der Waals surface area contributed by atoms with Crippen LogP contribution in [0.1, 0.15) is 28.8 Å². The minimum absolute atomic E-state index is 0.00188. The Kier molecular flexibility index (Phi) is 3.56. The van der Waals surface area contributed by atoms with E-state index < -0.39 is 5.82 Å². The number of rotatable bonds is 4. The number of amides is 1. The second kappa shape index (κ2) is 5.52. The lowest BCUT2D eigenvalue weighted by molar-refractivity contribution is 0.0730. The van der Waals surface area contributed by atoms with Gasteiger partial charge in [0, 0.05) is 30.5 Å². The summed E-state index contributed by atoms with van der Waals surface area (Å²) in [4.78, 5) is 18.5. The average molecular weight is 285 g/mol. The Morgan fingerprint density at radius 1 is 1.38 bits per heavy atom. The molecule has 4 nitrogen and oxygen atoms in total. The van der Waals surface area contributed by atoms with Crippen LogP contribution in [0, 0.1) is 5.82 Å². The van der Waals surface area contributed by atoms with E-state index in [-0.39, 0.29) is 17.6 Å². The zero-order valence-corrected chi connectivity index (χ0v) is 11.5. The maximum absolute atomic E-state index is 13.2. The lowest BCUT2D eigenvalue weighted by atomic mass is 10.1. The first-order chi connectivity index (χ1) is 10.1. The highest BCUT2D eigenvalue weighted by atomic mass is 19.1. The molecule has 1 aliphatic carbocycles. The molecule has 1 saturated carbocycles. The van der Waals surface area contributed by atoms with E-state index in [1.165, 1.54) is 18.2 Å². The molecule has 108 valence electrons. The van der Waals surface area contributed by atoms with Crippen LogP contribution < -0.4 is 5.73 Å². The van der Waals surface area contributed by atoms with E-state index in [0.717, 1.165) is 18.4 Å². The average Bonchev–Trinajstić information content (AvgIpc) is 3.33. The first kappa shape index (κ1) is 13.5. The van der Waals surface area contributed by atoms with Gasteiger partial charge >= 0.3 is 0 Å². The second-order valence-corrected chi connectivity index (χ2v) is 5.26. The minimum Gasteiger partial charge on any atom is -0.396 e. The molecular formula is C16H16FN3O. The van der Waals surface area contributed by atoms with Crippen molar-refractivity contribution in [1.29, 1.82) is 0 Å². The zero-order chi connectivity index (χ0) is 14.8. The molecule has 1 aliphatic rings. The minimum atomic E-state index is -0.503. The summed E-state index contributed by atoms with van der Waals surface area (Å²) in [5.74, 6) is -0.621. The molecule has 3 rings (SSSR count). The molecule has 0 spiro atoms. The topological polar surface area (TPSA) is 59.2 Å². The van der Waals surface area contributed by atoms with E-state index in [1.54, 1.807) is 12.4 Å². The van der Waals surface area contributed by atoms with Crippen LogP contribution in [-0.4, -0.2) is 21.8 Å². The SMILES string of the molecule is Nc1cc(C(=O)N(Cc2cccnc2)C2CC2)ccc1F. The number of anilines is 1. The highest BCUT2D eigenvalue weighted by Gasteiger charge is 2.33. The molecule has 0 bridgehead atoms. The molecule has 2 N–H and O–H groups in total. The van der Waals surface area contributed by atoms with E-state index in [2.05, 4.69) is 4.98 Å². The fraction of sp³-hybridized carbons (Fsp3) is 0.250. The van der Waals surface area contributed by atoms with E-state index >= 15 is 0 Å². The summed E-state index contributed by atoms with van der Waals surface area (Å²) in [7, 11) is 0. The summed E-state index contributed by atoms with van der Waals surface area (Å²) in [5, 5.41) is 0. The Morgan fingerprint density at radius 2 is 2.19 bits per heavy atom. The Hall–Kier alpha value is -2.43. The number of nitrogens with two attached hydrogens (primary N) is 1. The lowest BCUT2D eigenvalue weighted by Crippen LogP contribution is -2.32. The van der Waals surface area contributed by atoms with Crippen LogP contribution in [0.25, 0.3) is 0 Å². The van der Waals surface area contributed by atoms with Crippen molar-refractivity contribution in [2.45, 2.75) is 25.4 Å². The van der Waals surface area contributed by atoms with Crippen molar-refractivity contribution in [2.75, 3.05) is 5.73 Å². The predicted molar refractivity (Wildman–Crippen MR) is 77.9 cm³/mol. The van der Waals surface area contributed by atoms with Crippen molar-refractivity contribution >= 4 is 11.6 Å². The summed E-state index contributed by atoms with van der Waals surface area (Å²) in [6.45, 7) is 0.509. The molecule has 0 aliphatic heterocycles. The summed E-state index contributed by atoms with van der Waals surface area (Å²) in [6, 6.07) is 8.15. The number of hydrogen-bond donors (Lipinski definition) is 1. The molecule has 0 unspecified atom stereocenters. The van der Waals surface area contributed by atoms with E-state index in [9.17, 15) is 9.18 Å². The molecule has 0 atom stereocenters. The Morgan fingerprint density at radius 3 is 2.81 bits per heavy atom. The Bertz CT molecular complexity index is 656. The van der Waals surface area contributed by atoms with Crippen LogP contribution in [-0.2, 0) is 6.54 Å². The fourth-order valence-electron chi connectivity index (χ4n) is 2.28. The van der Waals surface area contributed by atoms with Gasteiger partial charge in [0.15, 0.2) is 0 Å². The van der Waals surface area contributed by atoms with Gasteiger partial charge in [0.1, 0.15) is 5.82 Å². The Labute approximate surface area is 122 Å². The molecule has 2 aromatic rings. The number of nitrogen functional groups attached to an aromatic ring is 1. The third-order valence-electron chi connectivity index (χ3n) is 3.57. The van der Waals surface area contributed by atoms with Crippen LogP contribution in [0.2, 0.25) is 0 Å². The largest absolute Gasteiger partial charge is 0.396 e. The first-order valence-electron chi connectivity index (χ1n) is 6.90. The van der Waals surface area contributed by atoms with Crippen LogP contribution in [0.3, 0.4) is 0 Å². The van der Waals surface area contributed by atoms with Gasteiger partial charge in [0.2, 0.25) is 0 Å². The molecule has 0 radical (unpaired) electrons. The quantitative estimate of drug-likeness (QED) is 0.878. The van der Waals surface area contributed by atoms with Gasteiger partial charge in [0.05, 0.1) is 5.69 Å². The monoisotopic (exact) mass is 285 g/mol. The molecule has 21 heavy (non-hydrogen) atoms. The lowest BCUT2D eigenvalue weighted by Gasteiger charge is -2.22. The van der Waals surface area contributed by atoms with Gasteiger partial charge in [-0.2, -0.15) is 0 Å². The van der Waals surface area contributed by atoms with Crippen molar-refractivity contribution in [2.24, 2.45) is 0 Å². The van der Waals surface area contributed by atoms with Crippen LogP contribution in [0.15, 0.2) is 42.7 Å². The first-order valence-corrected chi connectivity index (χ1v) is 6.90. The summed E-state index contributed by atoms with van der Waals surface area (Å²) in [5.41, 5.74) is 6.95. The van der Waals surface area contributed by atoms with Gasteiger partial charge in [-0.1, -0.05) is 6.07 Å². The normalized spacial score (nSPS) is 14.0. The molecule has 1 aromatic carbocycles. The standard InChI is InChI=1S/C16H16FN3O/c17-14-6-3-12(8-15(14)18)16(21)20(13-4-5-13)10-11-2-1-7-19-9-11/h1-3,6-9,13H,4-5,10,18H2. The summed E-state index contributed by atoms with van der Waals surface area (Å²) < 4.78 is 13.2. The number of carbonyl (C=O) groups is 1. The third kappa shape index (κ3) is 3.02. The number of carbonyl (C=O) groups excluding carboxylic acids is 1.